The maximum absolute atomic E-state index is 14.9. The molecule has 1 aliphatic heterocycles. The topological polar surface area (TPSA) is 71.1 Å². The summed E-state index contributed by atoms with van der Waals surface area (Å²) in [7, 11) is 0. The Balaban J connectivity index is 1.63. The van der Waals surface area contributed by atoms with Crippen LogP contribution in [0.15, 0.2) is 0 Å². The fourth-order valence-electron chi connectivity index (χ4n) is 4.86. The first-order valence-corrected chi connectivity index (χ1v) is 8.29. The van der Waals surface area contributed by atoms with Gasteiger partial charge in [0.05, 0.1) is 0 Å². The molecule has 0 aromatic heterocycles. The molecule has 3 unspecified atom stereocenters. The SMILES string of the molecule is O=C1C2CC3CC1CC(OC(=O)C(F)(C1OOO1)C(F)(F)C(F)(F)F)(C3)C2. The smallest absolute Gasteiger partial charge is 0.456 e. The van der Waals surface area contributed by atoms with Crippen LogP contribution in [0.1, 0.15) is 32.1 Å². The van der Waals surface area contributed by atoms with Crippen molar-refractivity contribution in [2.24, 2.45) is 17.8 Å². The van der Waals surface area contributed by atoms with E-state index in [9.17, 15) is 35.9 Å². The van der Waals surface area contributed by atoms with E-state index in [4.69, 9.17) is 4.74 Å². The molecular formula is C15H14F6O6. The van der Waals surface area contributed by atoms with E-state index < -0.39 is 47.5 Å². The van der Waals surface area contributed by atoms with Gasteiger partial charge in [-0.2, -0.15) is 31.7 Å². The monoisotopic (exact) mass is 404 g/mol. The van der Waals surface area contributed by atoms with Crippen LogP contribution in [0.4, 0.5) is 26.3 Å². The van der Waals surface area contributed by atoms with E-state index in [0.717, 1.165) is 0 Å². The molecule has 0 N–H and O–H groups in total. The van der Waals surface area contributed by atoms with Gasteiger partial charge in [0.2, 0.25) is 0 Å². The lowest BCUT2D eigenvalue weighted by Gasteiger charge is -2.55. The number of rotatable bonds is 4. The van der Waals surface area contributed by atoms with Crippen molar-refractivity contribution in [2.75, 3.05) is 0 Å². The second kappa shape index (κ2) is 5.57. The Labute approximate surface area is 147 Å². The summed E-state index contributed by atoms with van der Waals surface area (Å²) in [5, 5.41) is 3.55. The van der Waals surface area contributed by atoms with Gasteiger partial charge in [0.25, 0.3) is 6.29 Å². The Kier molecular flexibility index (Phi) is 3.91. The normalized spacial score (nSPS) is 38.4. The van der Waals surface area contributed by atoms with Gasteiger partial charge in [-0.05, 0) is 38.0 Å². The number of alkyl halides is 6. The van der Waals surface area contributed by atoms with Gasteiger partial charge in [-0.3, -0.25) is 4.79 Å². The first-order chi connectivity index (χ1) is 12.4. The van der Waals surface area contributed by atoms with Crippen molar-refractivity contribution in [3.63, 3.8) is 0 Å². The van der Waals surface area contributed by atoms with Crippen LogP contribution in [-0.2, 0) is 29.1 Å². The summed E-state index contributed by atoms with van der Waals surface area (Å²) in [6, 6.07) is 0. The van der Waals surface area contributed by atoms with Crippen molar-refractivity contribution in [2.45, 2.75) is 61.8 Å². The first-order valence-electron chi connectivity index (χ1n) is 8.29. The van der Waals surface area contributed by atoms with E-state index in [-0.39, 0.29) is 31.0 Å². The molecule has 3 atom stereocenters. The lowest BCUT2D eigenvalue weighted by atomic mass is 9.53. The molecule has 1 heterocycles. The van der Waals surface area contributed by atoms with Crippen LogP contribution >= 0.6 is 0 Å². The fraction of sp³-hybridized carbons (Fsp3) is 0.867. The molecule has 6 nitrogen and oxygen atoms in total. The third-order valence-corrected chi connectivity index (χ3v) is 5.94. The largest absolute Gasteiger partial charge is 0.457 e. The van der Waals surface area contributed by atoms with Gasteiger partial charge in [0.15, 0.2) is 0 Å². The second-order valence-corrected chi connectivity index (χ2v) is 7.69. The Bertz CT molecular complexity index is 658. The van der Waals surface area contributed by atoms with Crippen LogP contribution < -0.4 is 0 Å². The molecule has 27 heavy (non-hydrogen) atoms. The van der Waals surface area contributed by atoms with E-state index in [1.165, 1.54) is 0 Å². The fourth-order valence-corrected chi connectivity index (χ4v) is 4.86. The lowest BCUT2D eigenvalue weighted by Crippen LogP contribution is -2.69. The average molecular weight is 404 g/mol. The number of esters is 1. The van der Waals surface area contributed by atoms with Crippen LogP contribution in [0.2, 0.25) is 0 Å². The quantitative estimate of drug-likeness (QED) is 0.408. The molecule has 0 amide bonds. The molecule has 4 bridgehead atoms. The Morgan fingerprint density at radius 3 is 2.00 bits per heavy atom. The molecule has 4 aliphatic carbocycles. The zero-order valence-corrected chi connectivity index (χ0v) is 13.6. The summed E-state index contributed by atoms with van der Waals surface area (Å²) < 4.78 is 85.9. The maximum Gasteiger partial charge on any atom is 0.457 e. The molecule has 5 aliphatic rings. The maximum atomic E-state index is 14.9. The molecule has 4 saturated carbocycles. The Morgan fingerprint density at radius 2 is 1.56 bits per heavy atom. The molecule has 152 valence electrons. The molecule has 0 aromatic carbocycles. The highest BCUT2D eigenvalue weighted by atomic mass is 19.4. The number of hydrogen-bond donors (Lipinski definition) is 0. The highest BCUT2D eigenvalue weighted by Gasteiger charge is 2.82. The number of ketones is 1. The minimum atomic E-state index is -6.42. The third-order valence-electron chi connectivity index (χ3n) is 5.94. The minimum Gasteiger partial charge on any atom is -0.456 e. The van der Waals surface area contributed by atoms with Crippen LogP contribution in [0.25, 0.3) is 0 Å². The number of halogens is 6. The second-order valence-electron chi connectivity index (χ2n) is 7.69. The Hall–Kier alpha value is -1.40. The van der Waals surface area contributed by atoms with E-state index in [1.807, 2.05) is 0 Å². The number of carbonyl (C=O) groups excluding carboxylic acids is 2. The molecule has 0 spiro atoms. The van der Waals surface area contributed by atoms with Crippen molar-refractivity contribution >= 4 is 11.8 Å². The van der Waals surface area contributed by atoms with Crippen molar-refractivity contribution in [1.82, 2.24) is 0 Å². The lowest BCUT2D eigenvalue weighted by molar-refractivity contribution is -0.706. The molecular weight excluding hydrogens is 390 g/mol. The van der Waals surface area contributed by atoms with Crippen molar-refractivity contribution in [3.8, 4) is 0 Å². The summed E-state index contributed by atoms with van der Waals surface area (Å²) in [6.45, 7) is 0. The molecule has 12 heteroatoms. The highest BCUT2D eigenvalue weighted by molar-refractivity contribution is 5.87. The molecule has 0 aromatic rings. The van der Waals surface area contributed by atoms with Crippen molar-refractivity contribution in [1.29, 1.82) is 0 Å². The van der Waals surface area contributed by atoms with Crippen molar-refractivity contribution < 1.29 is 55.5 Å². The van der Waals surface area contributed by atoms with E-state index in [0.29, 0.717) is 12.8 Å². The number of hydrogen-bond acceptors (Lipinski definition) is 6. The van der Waals surface area contributed by atoms with Crippen LogP contribution in [0.5, 0.6) is 0 Å². The standard InChI is InChI=1S/C15H14F6O6/c16-13(11-25-27-26-11,14(17,18)15(19,20)21)10(23)24-12-3-6-1-7(4-12)9(22)8(2-6)5-12/h6-8,11H,1-5H2. The summed E-state index contributed by atoms with van der Waals surface area (Å²) in [6.07, 6.45) is -8.16. The summed E-state index contributed by atoms with van der Waals surface area (Å²) >= 11 is 0. The van der Waals surface area contributed by atoms with Gasteiger partial charge < -0.3 is 4.74 Å². The number of carbonyl (C=O) groups is 2. The zero-order chi connectivity index (χ0) is 19.8. The molecule has 1 saturated heterocycles. The summed E-state index contributed by atoms with van der Waals surface area (Å²) in [5.74, 6) is -9.63. The number of ether oxygens (including phenoxy) is 1. The van der Waals surface area contributed by atoms with E-state index in [1.54, 1.807) is 0 Å². The van der Waals surface area contributed by atoms with Gasteiger partial charge >= 0.3 is 23.7 Å². The van der Waals surface area contributed by atoms with Gasteiger partial charge in [-0.15, -0.1) is 0 Å². The molecule has 5 rings (SSSR count). The first kappa shape index (κ1) is 18.9. The molecule has 5 fully saturated rings. The predicted molar refractivity (Wildman–Crippen MR) is 69.3 cm³/mol. The van der Waals surface area contributed by atoms with E-state index >= 15 is 0 Å². The van der Waals surface area contributed by atoms with Crippen molar-refractivity contribution in [3.05, 3.63) is 0 Å². The van der Waals surface area contributed by atoms with Crippen LogP contribution in [0, 0.1) is 17.8 Å². The van der Waals surface area contributed by atoms with Gasteiger partial charge in [-0.25, -0.2) is 9.18 Å². The predicted octanol–water partition coefficient (Wildman–Crippen LogP) is 2.80. The highest BCUT2D eigenvalue weighted by Crippen LogP contribution is 2.57. The van der Waals surface area contributed by atoms with Crippen LogP contribution in [0.3, 0.4) is 0 Å². The van der Waals surface area contributed by atoms with Gasteiger partial charge in [0, 0.05) is 11.8 Å². The summed E-state index contributed by atoms with van der Waals surface area (Å²) in [4.78, 5) is 32.0. The van der Waals surface area contributed by atoms with Gasteiger partial charge in [-0.1, -0.05) is 5.04 Å². The van der Waals surface area contributed by atoms with Crippen LogP contribution in [-0.4, -0.2) is 41.4 Å². The van der Waals surface area contributed by atoms with E-state index in [2.05, 4.69) is 14.8 Å². The minimum absolute atomic E-state index is 0.0267. The summed E-state index contributed by atoms with van der Waals surface area (Å²) in [5.41, 5.74) is -6.46. The third kappa shape index (κ3) is 2.52. The average Bonchev–Trinajstić information content (AvgIpc) is 2.48. The zero-order valence-electron chi connectivity index (χ0n) is 13.6. The molecule has 0 radical (unpaired) electrons. The Morgan fingerprint density at radius 1 is 1.00 bits per heavy atom. The number of Topliss-reactive ketones (excluding diaryl/α,β-unsaturated/α-hetero) is 1. The van der Waals surface area contributed by atoms with Gasteiger partial charge in [0.1, 0.15) is 11.4 Å².